The molecule has 0 unspecified atom stereocenters. The number of carbonyl (C=O) groups is 1. The van der Waals surface area contributed by atoms with Gasteiger partial charge in [0.1, 0.15) is 0 Å². The van der Waals surface area contributed by atoms with Gasteiger partial charge in [-0.05, 0) is 37.3 Å². The third kappa shape index (κ3) is 3.43. The molecule has 0 bridgehead atoms. The van der Waals surface area contributed by atoms with Crippen LogP contribution in [0.25, 0.3) is 0 Å². The largest absolute Gasteiger partial charge is 0.375 e. The summed E-state index contributed by atoms with van der Waals surface area (Å²) in [4.78, 5) is 15.1. The van der Waals surface area contributed by atoms with Gasteiger partial charge in [0, 0.05) is 30.7 Å². The summed E-state index contributed by atoms with van der Waals surface area (Å²) in [5.41, 5.74) is 2.91. The zero-order valence-electron chi connectivity index (χ0n) is 14.6. The van der Waals surface area contributed by atoms with E-state index in [0.29, 0.717) is 18.1 Å². The predicted octanol–water partition coefficient (Wildman–Crippen LogP) is 2.53. The molecule has 3 atom stereocenters. The van der Waals surface area contributed by atoms with Gasteiger partial charge in [-0.3, -0.25) is 9.69 Å². The molecular weight excluding hydrogens is 288 g/mol. The van der Waals surface area contributed by atoms with Gasteiger partial charge in [0.2, 0.25) is 0 Å². The van der Waals surface area contributed by atoms with Gasteiger partial charge in [-0.1, -0.05) is 32.0 Å². The van der Waals surface area contributed by atoms with Gasteiger partial charge in [0.05, 0.1) is 12.7 Å². The predicted molar refractivity (Wildman–Crippen MR) is 91.7 cm³/mol. The molecule has 4 nitrogen and oxygen atoms in total. The van der Waals surface area contributed by atoms with Crippen molar-refractivity contribution >= 4 is 5.91 Å². The van der Waals surface area contributed by atoms with Gasteiger partial charge < -0.3 is 10.1 Å². The first-order chi connectivity index (χ1) is 11.0. The smallest absolute Gasteiger partial charge is 0.252 e. The van der Waals surface area contributed by atoms with Crippen molar-refractivity contribution in [3.8, 4) is 0 Å². The van der Waals surface area contributed by atoms with E-state index in [1.165, 1.54) is 0 Å². The van der Waals surface area contributed by atoms with E-state index in [1.54, 1.807) is 0 Å². The molecule has 126 valence electrons. The molecular formula is C19H28N2O2. The molecule has 1 aromatic rings. The van der Waals surface area contributed by atoms with Gasteiger partial charge in [-0.15, -0.1) is 0 Å². The molecule has 3 rings (SSSR count). The lowest BCUT2D eigenvalue weighted by Crippen LogP contribution is -2.48. The molecule has 1 aromatic carbocycles. The highest BCUT2D eigenvalue weighted by Gasteiger charge is 2.38. The Labute approximate surface area is 139 Å². The Morgan fingerprint density at radius 1 is 1.26 bits per heavy atom. The number of fused-ring (bicyclic) bond motifs is 1. The summed E-state index contributed by atoms with van der Waals surface area (Å²) in [6.45, 7) is 11.1. The van der Waals surface area contributed by atoms with Crippen LogP contribution in [-0.4, -0.2) is 48.7 Å². The Balaban J connectivity index is 1.63. The number of benzene rings is 1. The highest BCUT2D eigenvalue weighted by molar-refractivity contribution is 5.97. The number of aryl methyl sites for hydroxylation is 2. The van der Waals surface area contributed by atoms with Crippen molar-refractivity contribution in [3.05, 3.63) is 34.9 Å². The first-order valence-electron chi connectivity index (χ1n) is 8.68. The third-order valence-electron chi connectivity index (χ3n) is 5.23. The van der Waals surface area contributed by atoms with E-state index in [2.05, 4.69) is 24.1 Å². The van der Waals surface area contributed by atoms with E-state index in [-0.39, 0.29) is 11.9 Å². The maximum absolute atomic E-state index is 12.7. The second kappa shape index (κ2) is 6.62. The lowest BCUT2D eigenvalue weighted by Gasteiger charge is -2.36. The fourth-order valence-electron chi connectivity index (χ4n) is 3.84. The van der Waals surface area contributed by atoms with E-state index in [9.17, 15) is 4.79 Å². The van der Waals surface area contributed by atoms with Crippen molar-refractivity contribution in [2.24, 2.45) is 5.92 Å². The van der Waals surface area contributed by atoms with E-state index in [4.69, 9.17) is 4.74 Å². The molecule has 2 saturated heterocycles. The Bertz CT molecular complexity index is 564. The van der Waals surface area contributed by atoms with E-state index in [0.717, 1.165) is 42.8 Å². The summed E-state index contributed by atoms with van der Waals surface area (Å²) >= 11 is 0. The third-order valence-corrected chi connectivity index (χ3v) is 5.23. The number of morpholine rings is 1. The molecule has 2 aliphatic rings. The normalized spacial score (nSPS) is 28.0. The van der Waals surface area contributed by atoms with Crippen LogP contribution in [0, 0.1) is 19.8 Å². The molecule has 1 amide bonds. The fourth-order valence-corrected chi connectivity index (χ4v) is 3.84. The van der Waals surface area contributed by atoms with Crippen LogP contribution in [0.3, 0.4) is 0 Å². The van der Waals surface area contributed by atoms with E-state index in [1.807, 2.05) is 32.0 Å². The average Bonchev–Trinajstić information content (AvgIpc) is 2.87. The minimum Gasteiger partial charge on any atom is -0.375 e. The van der Waals surface area contributed by atoms with Crippen LogP contribution in [0.5, 0.6) is 0 Å². The summed E-state index contributed by atoms with van der Waals surface area (Å²) in [5, 5.41) is 3.24. The highest BCUT2D eigenvalue weighted by Crippen LogP contribution is 2.26. The van der Waals surface area contributed by atoms with Crippen LogP contribution >= 0.6 is 0 Å². The molecule has 2 aliphatic heterocycles. The van der Waals surface area contributed by atoms with Gasteiger partial charge >= 0.3 is 0 Å². The van der Waals surface area contributed by atoms with E-state index < -0.39 is 0 Å². The van der Waals surface area contributed by atoms with Gasteiger partial charge in [0.15, 0.2) is 0 Å². The monoisotopic (exact) mass is 316 g/mol. The minimum absolute atomic E-state index is 0.0618. The Morgan fingerprint density at radius 2 is 1.96 bits per heavy atom. The second-order valence-electron chi connectivity index (χ2n) is 7.40. The number of amides is 1. The average molecular weight is 316 g/mol. The Morgan fingerprint density at radius 3 is 2.61 bits per heavy atom. The lowest BCUT2D eigenvalue weighted by atomic mass is 10.0. The first-order valence-corrected chi connectivity index (χ1v) is 8.68. The molecule has 23 heavy (non-hydrogen) atoms. The SMILES string of the molecule is Cc1cccc(C)c1C(=O)N[C@H]1C[C@H]2CO[C@@H](C(C)C)CN2C1. The summed E-state index contributed by atoms with van der Waals surface area (Å²) in [6.07, 6.45) is 1.31. The van der Waals surface area contributed by atoms with Crippen molar-refractivity contribution in [2.75, 3.05) is 19.7 Å². The van der Waals surface area contributed by atoms with Crippen molar-refractivity contribution in [3.63, 3.8) is 0 Å². The van der Waals surface area contributed by atoms with Crippen LogP contribution in [0.1, 0.15) is 41.8 Å². The van der Waals surface area contributed by atoms with Gasteiger partial charge in [0.25, 0.3) is 5.91 Å². The highest BCUT2D eigenvalue weighted by atomic mass is 16.5. The lowest BCUT2D eigenvalue weighted by molar-refractivity contribution is -0.0683. The number of ether oxygens (including phenoxy) is 1. The summed E-state index contributed by atoms with van der Waals surface area (Å²) in [6, 6.07) is 6.68. The fraction of sp³-hybridized carbons (Fsp3) is 0.632. The number of rotatable bonds is 3. The summed E-state index contributed by atoms with van der Waals surface area (Å²) < 4.78 is 5.98. The summed E-state index contributed by atoms with van der Waals surface area (Å²) in [5.74, 6) is 0.603. The van der Waals surface area contributed by atoms with Gasteiger partial charge in [-0.25, -0.2) is 0 Å². The Kier molecular flexibility index (Phi) is 4.74. The number of carbonyl (C=O) groups excluding carboxylic acids is 1. The van der Waals surface area contributed by atoms with Gasteiger partial charge in [-0.2, -0.15) is 0 Å². The standard InChI is InChI=1S/C19H28N2O2/c1-12(2)17-10-21-9-15(8-16(21)11-23-17)20-19(22)18-13(3)6-5-7-14(18)4/h5-7,12,15-17H,8-11H2,1-4H3,(H,20,22)/t15-,16-,17+/m0/s1. The molecule has 0 saturated carbocycles. The minimum atomic E-state index is 0.0618. The molecule has 2 fully saturated rings. The van der Waals surface area contributed by atoms with Crippen LogP contribution < -0.4 is 5.32 Å². The van der Waals surface area contributed by atoms with Crippen LogP contribution in [0.2, 0.25) is 0 Å². The maximum Gasteiger partial charge on any atom is 0.252 e. The Hall–Kier alpha value is -1.39. The zero-order valence-corrected chi connectivity index (χ0v) is 14.6. The van der Waals surface area contributed by atoms with Crippen molar-refractivity contribution in [1.29, 1.82) is 0 Å². The molecule has 1 N–H and O–H groups in total. The second-order valence-corrected chi connectivity index (χ2v) is 7.40. The number of hydrogen-bond donors (Lipinski definition) is 1. The molecule has 2 heterocycles. The molecule has 0 aromatic heterocycles. The van der Waals surface area contributed by atoms with E-state index >= 15 is 0 Å². The molecule has 4 heteroatoms. The van der Waals surface area contributed by atoms with Crippen LogP contribution in [0.15, 0.2) is 18.2 Å². The molecule has 0 spiro atoms. The number of nitrogens with zero attached hydrogens (tertiary/aromatic N) is 1. The van der Waals surface area contributed by atoms with Crippen LogP contribution in [-0.2, 0) is 4.74 Å². The molecule has 0 aliphatic carbocycles. The number of nitrogens with one attached hydrogen (secondary N) is 1. The topological polar surface area (TPSA) is 41.6 Å². The van der Waals surface area contributed by atoms with Crippen molar-refractivity contribution in [2.45, 2.75) is 52.3 Å². The maximum atomic E-state index is 12.7. The summed E-state index contributed by atoms with van der Waals surface area (Å²) in [7, 11) is 0. The van der Waals surface area contributed by atoms with Crippen molar-refractivity contribution < 1.29 is 9.53 Å². The van der Waals surface area contributed by atoms with Crippen molar-refractivity contribution in [1.82, 2.24) is 10.2 Å². The zero-order chi connectivity index (χ0) is 16.6. The molecule has 0 radical (unpaired) electrons. The quantitative estimate of drug-likeness (QED) is 0.932. The van der Waals surface area contributed by atoms with Crippen LogP contribution in [0.4, 0.5) is 0 Å². The first kappa shape index (κ1) is 16.5. The number of hydrogen-bond acceptors (Lipinski definition) is 3.